The van der Waals surface area contributed by atoms with E-state index in [1.165, 1.54) is 35.2 Å². The molecule has 2 aromatic rings. The second-order valence-electron chi connectivity index (χ2n) is 6.79. The summed E-state index contributed by atoms with van der Waals surface area (Å²) in [6.07, 6.45) is -0.561. The molecule has 8 nitrogen and oxygen atoms in total. The molecule has 1 N–H and O–H groups in total. The minimum atomic E-state index is -0.992. The van der Waals surface area contributed by atoms with Gasteiger partial charge in [-0.2, -0.15) is 0 Å². The number of rotatable bonds is 10. The van der Waals surface area contributed by atoms with E-state index in [0.717, 1.165) is 5.56 Å². The Morgan fingerprint density at radius 1 is 0.968 bits per heavy atom. The summed E-state index contributed by atoms with van der Waals surface area (Å²) in [6, 6.07) is 10.1. The van der Waals surface area contributed by atoms with Gasteiger partial charge in [0.2, 0.25) is 5.75 Å². The van der Waals surface area contributed by atoms with E-state index in [1.54, 1.807) is 36.4 Å². The van der Waals surface area contributed by atoms with Crippen LogP contribution in [0, 0.1) is 0 Å². The summed E-state index contributed by atoms with van der Waals surface area (Å²) < 4.78 is 21.1. The molecule has 0 heterocycles. The molecule has 1 atom stereocenters. The SMILES string of the molecule is COc1cc(CCC(=O)OC(C)C(=O)Nc2cccc(C(C)=O)c2)cc(OC)c1OC. The van der Waals surface area contributed by atoms with Crippen molar-refractivity contribution in [2.24, 2.45) is 0 Å². The minimum Gasteiger partial charge on any atom is -0.493 e. The van der Waals surface area contributed by atoms with E-state index in [2.05, 4.69) is 5.32 Å². The first kappa shape index (κ1) is 23.7. The maximum atomic E-state index is 12.3. The van der Waals surface area contributed by atoms with Crippen molar-refractivity contribution >= 4 is 23.3 Å². The first-order valence-electron chi connectivity index (χ1n) is 9.69. The molecule has 8 heteroatoms. The monoisotopic (exact) mass is 429 g/mol. The molecule has 0 saturated carbocycles. The summed E-state index contributed by atoms with van der Waals surface area (Å²) >= 11 is 0. The Bertz CT molecular complexity index is 930. The van der Waals surface area contributed by atoms with Crippen LogP contribution in [0.15, 0.2) is 36.4 Å². The number of carbonyl (C=O) groups is 3. The number of hydrogen-bond acceptors (Lipinski definition) is 7. The van der Waals surface area contributed by atoms with Crippen molar-refractivity contribution in [3.05, 3.63) is 47.5 Å². The summed E-state index contributed by atoms with van der Waals surface area (Å²) in [5, 5.41) is 2.64. The van der Waals surface area contributed by atoms with Crippen LogP contribution >= 0.6 is 0 Å². The summed E-state index contributed by atoms with van der Waals surface area (Å²) in [6.45, 7) is 2.93. The Hall–Kier alpha value is -3.55. The van der Waals surface area contributed by atoms with Crippen LogP contribution in [0.3, 0.4) is 0 Å². The Balaban J connectivity index is 1.94. The molecule has 0 aliphatic carbocycles. The van der Waals surface area contributed by atoms with Crippen LogP contribution in [0.1, 0.15) is 36.2 Å². The average molecular weight is 429 g/mol. The van der Waals surface area contributed by atoms with Crippen molar-refractivity contribution in [2.45, 2.75) is 32.8 Å². The number of Topliss-reactive ketones (excluding diaryl/α,β-unsaturated/α-hetero) is 1. The summed E-state index contributed by atoms with van der Waals surface area (Å²) in [4.78, 5) is 36.0. The van der Waals surface area contributed by atoms with E-state index in [9.17, 15) is 14.4 Å². The number of methoxy groups -OCH3 is 3. The fraction of sp³-hybridized carbons (Fsp3) is 0.348. The number of benzene rings is 2. The Kier molecular flexibility index (Phi) is 8.43. The molecule has 166 valence electrons. The van der Waals surface area contributed by atoms with Crippen LogP contribution in [0.4, 0.5) is 5.69 Å². The number of carbonyl (C=O) groups excluding carboxylic acids is 3. The van der Waals surface area contributed by atoms with Crippen molar-refractivity contribution < 1.29 is 33.3 Å². The fourth-order valence-electron chi connectivity index (χ4n) is 2.90. The molecule has 0 bridgehead atoms. The summed E-state index contributed by atoms with van der Waals surface area (Å²) in [7, 11) is 4.55. The number of hydrogen-bond donors (Lipinski definition) is 1. The third kappa shape index (κ3) is 6.47. The average Bonchev–Trinajstić information content (AvgIpc) is 2.76. The van der Waals surface area contributed by atoms with Crippen LogP contribution in [0.2, 0.25) is 0 Å². The molecule has 0 aliphatic heterocycles. The van der Waals surface area contributed by atoms with E-state index in [4.69, 9.17) is 18.9 Å². The van der Waals surface area contributed by atoms with Gasteiger partial charge in [0, 0.05) is 17.7 Å². The van der Waals surface area contributed by atoms with Gasteiger partial charge in [0.1, 0.15) is 0 Å². The van der Waals surface area contributed by atoms with Crippen molar-refractivity contribution in [3.8, 4) is 17.2 Å². The largest absolute Gasteiger partial charge is 0.493 e. The lowest BCUT2D eigenvalue weighted by Crippen LogP contribution is -2.30. The van der Waals surface area contributed by atoms with Crippen molar-refractivity contribution in [2.75, 3.05) is 26.6 Å². The number of aryl methyl sites for hydroxylation is 1. The zero-order chi connectivity index (χ0) is 23.0. The normalized spacial score (nSPS) is 11.3. The van der Waals surface area contributed by atoms with Gasteiger partial charge in [0.05, 0.1) is 21.3 Å². The van der Waals surface area contributed by atoms with E-state index in [0.29, 0.717) is 34.9 Å². The molecule has 0 saturated heterocycles. The summed E-state index contributed by atoms with van der Waals surface area (Å²) in [5.74, 6) is 0.338. The van der Waals surface area contributed by atoms with Crippen molar-refractivity contribution in [1.82, 2.24) is 0 Å². The third-order valence-electron chi connectivity index (χ3n) is 4.56. The molecule has 0 aliphatic rings. The van der Waals surface area contributed by atoms with Gasteiger partial charge >= 0.3 is 5.97 Å². The van der Waals surface area contributed by atoms with Crippen molar-refractivity contribution in [3.63, 3.8) is 0 Å². The quantitative estimate of drug-likeness (QED) is 0.456. The van der Waals surface area contributed by atoms with Crippen LogP contribution < -0.4 is 19.5 Å². The van der Waals surface area contributed by atoms with Crippen LogP contribution in [-0.2, 0) is 20.7 Å². The van der Waals surface area contributed by atoms with E-state index in [-0.39, 0.29) is 12.2 Å². The summed E-state index contributed by atoms with van der Waals surface area (Å²) in [5.41, 5.74) is 1.73. The first-order chi connectivity index (χ1) is 14.8. The molecule has 31 heavy (non-hydrogen) atoms. The highest BCUT2D eigenvalue weighted by Crippen LogP contribution is 2.38. The lowest BCUT2D eigenvalue weighted by molar-refractivity contribution is -0.153. The molecule has 1 amide bonds. The molecular weight excluding hydrogens is 402 g/mol. The molecule has 0 spiro atoms. The highest BCUT2D eigenvalue weighted by molar-refractivity contribution is 5.98. The molecule has 2 rings (SSSR count). The molecule has 0 aromatic heterocycles. The fourth-order valence-corrected chi connectivity index (χ4v) is 2.90. The minimum absolute atomic E-state index is 0.0656. The van der Waals surface area contributed by atoms with Crippen LogP contribution in [-0.4, -0.2) is 45.1 Å². The van der Waals surface area contributed by atoms with Crippen LogP contribution in [0.5, 0.6) is 17.2 Å². The van der Waals surface area contributed by atoms with Gasteiger partial charge in [-0.05, 0) is 50.1 Å². The lowest BCUT2D eigenvalue weighted by Gasteiger charge is -2.15. The van der Waals surface area contributed by atoms with Gasteiger partial charge in [-0.25, -0.2) is 0 Å². The number of nitrogens with one attached hydrogen (secondary N) is 1. The molecule has 0 radical (unpaired) electrons. The number of esters is 1. The Labute approximate surface area is 181 Å². The number of amides is 1. The number of ketones is 1. The molecule has 0 fully saturated rings. The van der Waals surface area contributed by atoms with Gasteiger partial charge in [0.15, 0.2) is 23.4 Å². The van der Waals surface area contributed by atoms with E-state index >= 15 is 0 Å². The maximum Gasteiger partial charge on any atom is 0.306 e. The molecule has 2 aromatic carbocycles. The second kappa shape index (κ2) is 11.0. The first-order valence-corrected chi connectivity index (χ1v) is 9.69. The maximum absolute atomic E-state index is 12.3. The Morgan fingerprint density at radius 3 is 2.16 bits per heavy atom. The number of anilines is 1. The lowest BCUT2D eigenvalue weighted by atomic mass is 10.1. The van der Waals surface area contributed by atoms with E-state index in [1.807, 2.05) is 0 Å². The highest BCUT2D eigenvalue weighted by Gasteiger charge is 2.19. The van der Waals surface area contributed by atoms with Gasteiger partial charge in [-0.3, -0.25) is 14.4 Å². The topological polar surface area (TPSA) is 100 Å². The van der Waals surface area contributed by atoms with Gasteiger partial charge in [0.25, 0.3) is 5.91 Å². The molecular formula is C23H27NO7. The van der Waals surface area contributed by atoms with Gasteiger partial charge < -0.3 is 24.3 Å². The smallest absolute Gasteiger partial charge is 0.306 e. The Morgan fingerprint density at radius 2 is 1.61 bits per heavy atom. The predicted molar refractivity (Wildman–Crippen MR) is 115 cm³/mol. The zero-order valence-corrected chi connectivity index (χ0v) is 18.3. The third-order valence-corrected chi connectivity index (χ3v) is 4.56. The van der Waals surface area contributed by atoms with Gasteiger partial charge in [-0.1, -0.05) is 12.1 Å². The highest BCUT2D eigenvalue weighted by atomic mass is 16.5. The van der Waals surface area contributed by atoms with Crippen LogP contribution in [0.25, 0.3) is 0 Å². The number of ether oxygens (including phenoxy) is 4. The molecule has 1 unspecified atom stereocenters. The van der Waals surface area contributed by atoms with E-state index < -0.39 is 18.0 Å². The van der Waals surface area contributed by atoms with Gasteiger partial charge in [-0.15, -0.1) is 0 Å². The standard InChI is InChI=1S/C23H27NO7/c1-14(25)17-7-6-8-18(13-17)24-23(27)15(2)31-21(26)10-9-16-11-19(28-3)22(30-5)20(12-16)29-4/h6-8,11-13,15H,9-10H2,1-5H3,(H,24,27). The zero-order valence-electron chi connectivity index (χ0n) is 18.3. The second-order valence-corrected chi connectivity index (χ2v) is 6.79. The van der Waals surface area contributed by atoms with Crippen molar-refractivity contribution in [1.29, 1.82) is 0 Å². The predicted octanol–water partition coefficient (Wildman–Crippen LogP) is 3.42.